The van der Waals surface area contributed by atoms with Crippen molar-refractivity contribution in [1.82, 2.24) is 9.78 Å². The van der Waals surface area contributed by atoms with Gasteiger partial charge in [0, 0.05) is 11.8 Å². The zero-order valence-electron chi connectivity index (χ0n) is 14.6. The number of esters is 1. The molecule has 0 fully saturated rings. The van der Waals surface area contributed by atoms with Crippen LogP contribution in [0.2, 0.25) is 0 Å². The zero-order valence-corrected chi connectivity index (χ0v) is 14.6. The number of aromatic nitrogens is 2. The van der Waals surface area contributed by atoms with E-state index in [1.54, 1.807) is 49.4 Å². The van der Waals surface area contributed by atoms with E-state index in [2.05, 4.69) is 10.4 Å². The number of nitrogens with one attached hydrogen (secondary N) is 1. The molecule has 3 rings (SSSR count). The number of nitrogens with zero attached hydrogens (tertiary/aromatic N) is 2. The molecule has 3 aromatic rings. The van der Waals surface area contributed by atoms with Gasteiger partial charge in [0.05, 0.1) is 17.9 Å². The summed E-state index contributed by atoms with van der Waals surface area (Å²) in [6.45, 7) is 1.98. The van der Waals surface area contributed by atoms with Crippen molar-refractivity contribution in [3.05, 3.63) is 88.3 Å². The van der Waals surface area contributed by atoms with Crippen LogP contribution in [0, 0.1) is 0 Å². The Morgan fingerprint density at radius 1 is 1.04 bits per heavy atom. The maximum absolute atomic E-state index is 12.5. The zero-order chi connectivity index (χ0) is 19.2. The van der Waals surface area contributed by atoms with E-state index < -0.39 is 11.9 Å². The van der Waals surface area contributed by atoms with Crippen molar-refractivity contribution in [3.8, 4) is 5.69 Å². The third kappa shape index (κ3) is 4.27. The fourth-order valence-electron chi connectivity index (χ4n) is 2.42. The number of carbonyl (C=O) groups excluding carboxylic acids is 2. The Morgan fingerprint density at radius 3 is 2.56 bits per heavy atom. The molecule has 0 bridgehead atoms. The van der Waals surface area contributed by atoms with Crippen LogP contribution < -0.4 is 10.9 Å². The highest BCUT2D eigenvalue weighted by molar-refractivity contribution is 6.03. The molecular weight excluding hydrogens is 346 g/mol. The highest BCUT2D eigenvalue weighted by Gasteiger charge is 2.13. The van der Waals surface area contributed by atoms with Crippen LogP contribution in [0.15, 0.2) is 71.5 Å². The Hall–Kier alpha value is -3.74. The van der Waals surface area contributed by atoms with Crippen LogP contribution in [0.1, 0.15) is 27.8 Å². The van der Waals surface area contributed by atoms with E-state index in [-0.39, 0.29) is 17.9 Å². The number of hydrogen-bond donors (Lipinski definition) is 1. The van der Waals surface area contributed by atoms with Gasteiger partial charge < -0.3 is 10.1 Å². The SMILES string of the molecule is CCOC(=O)c1cccc(NC(=O)c2ccc(=O)n(-c3ccccc3)n2)c1. The van der Waals surface area contributed by atoms with E-state index in [0.717, 1.165) is 4.68 Å². The maximum atomic E-state index is 12.5. The third-order valence-electron chi connectivity index (χ3n) is 3.67. The predicted molar refractivity (Wildman–Crippen MR) is 100 cm³/mol. The van der Waals surface area contributed by atoms with Gasteiger partial charge in [0.2, 0.25) is 0 Å². The summed E-state index contributed by atoms with van der Waals surface area (Å²) in [6, 6.07) is 17.8. The molecule has 0 aliphatic heterocycles. The summed E-state index contributed by atoms with van der Waals surface area (Å²) in [5.41, 5.74) is 1.03. The first-order valence-corrected chi connectivity index (χ1v) is 8.33. The summed E-state index contributed by atoms with van der Waals surface area (Å²) in [5, 5.41) is 6.80. The number of para-hydroxylation sites is 1. The Kier molecular flexibility index (Phi) is 5.41. The Labute approximate surface area is 155 Å². The van der Waals surface area contributed by atoms with Crippen molar-refractivity contribution in [2.45, 2.75) is 6.92 Å². The second-order valence-electron chi connectivity index (χ2n) is 5.56. The topological polar surface area (TPSA) is 90.3 Å². The lowest BCUT2D eigenvalue weighted by molar-refractivity contribution is 0.0526. The van der Waals surface area contributed by atoms with Gasteiger partial charge in [-0.3, -0.25) is 9.59 Å². The lowest BCUT2D eigenvalue weighted by atomic mass is 10.2. The smallest absolute Gasteiger partial charge is 0.338 e. The summed E-state index contributed by atoms with van der Waals surface area (Å²) < 4.78 is 6.11. The number of rotatable bonds is 5. The van der Waals surface area contributed by atoms with E-state index in [0.29, 0.717) is 16.9 Å². The summed E-state index contributed by atoms with van der Waals surface area (Å²) in [5.74, 6) is -0.968. The van der Waals surface area contributed by atoms with Gasteiger partial charge in [-0.05, 0) is 43.3 Å². The standard InChI is InChI=1S/C20H17N3O4/c1-2-27-20(26)14-7-6-8-15(13-14)21-19(25)17-11-12-18(24)23(22-17)16-9-4-3-5-10-16/h3-13H,2H2,1H3,(H,21,25). The highest BCUT2D eigenvalue weighted by Crippen LogP contribution is 2.13. The minimum atomic E-state index is -0.499. The molecule has 0 saturated heterocycles. The Morgan fingerprint density at radius 2 is 1.81 bits per heavy atom. The van der Waals surface area contributed by atoms with Crippen LogP contribution in [0.3, 0.4) is 0 Å². The number of ether oxygens (including phenoxy) is 1. The van der Waals surface area contributed by atoms with Gasteiger partial charge in [-0.25, -0.2) is 4.79 Å². The molecule has 136 valence electrons. The van der Waals surface area contributed by atoms with Gasteiger partial charge >= 0.3 is 5.97 Å². The van der Waals surface area contributed by atoms with E-state index in [4.69, 9.17) is 4.74 Å². The van der Waals surface area contributed by atoms with E-state index in [9.17, 15) is 14.4 Å². The number of anilines is 1. The van der Waals surface area contributed by atoms with Gasteiger partial charge in [0.25, 0.3) is 11.5 Å². The van der Waals surface area contributed by atoms with E-state index >= 15 is 0 Å². The number of hydrogen-bond acceptors (Lipinski definition) is 5. The molecule has 7 heteroatoms. The molecule has 0 aliphatic carbocycles. The molecule has 1 aromatic heterocycles. The molecule has 0 spiro atoms. The summed E-state index contributed by atoms with van der Waals surface area (Å²) >= 11 is 0. The molecular formula is C20H17N3O4. The normalized spacial score (nSPS) is 10.3. The van der Waals surface area contributed by atoms with Crippen LogP contribution >= 0.6 is 0 Å². The van der Waals surface area contributed by atoms with Gasteiger partial charge in [0.1, 0.15) is 5.69 Å². The largest absolute Gasteiger partial charge is 0.462 e. The van der Waals surface area contributed by atoms with Crippen LogP contribution in [0.5, 0.6) is 0 Å². The highest BCUT2D eigenvalue weighted by atomic mass is 16.5. The van der Waals surface area contributed by atoms with Gasteiger partial charge in [-0.2, -0.15) is 9.78 Å². The van der Waals surface area contributed by atoms with Gasteiger partial charge in [0.15, 0.2) is 0 Å². The first-order valence-electron chi connectivity index (χ1n) is 8.33. The van der Waals surface area contributed by atoms with Crippen LogP contribution in [0.4, 0.5) is 5.69 Å². The number of carbonyl (C=O) groups is 2. The molecule has 0 saturated carbocycles. The monoisotopic (exact) mass is 363 g/mol. The predicted octanol–water partition coefficient (Wildman–Crippen LogP) is 2.66. The maximum Gasteiger partial charge on any atom is 0.338 e. The first-order chi connectivity index (χ1) is 13.1. The average Bonchev–Trinajstić information content (AvgIpc) is 2.69. The van der Waals surface area contributed by atoms with Crippen LogP contribution in [-0.4, -0.2) is 28.3 Å². The second kappa shape index (κ2) is 8.09. The number of amides is 1. The van der Waals surface area contributed by atoms with Crippen molar-refractivity contribution in [3.63, 3.8) is 0 Å². The summed E-state index contributed by atoms with van der Waals surface area (Å²) in [7, 11) is 0. The summed E-state index contributed by atoms with van der Waals surface area (Å²) in [4.78, 5) is 36.4. The lowest BCUT2D eigenvalue weighted by Gasteiger charge is -2.09. The first kappa shape index (κ1) is 18.1. The Bertz CT molecular complexity index is 1030. The molecule has 0 radical (unpaired) electrons. The minimum Gasteiger partial charge on any atom is -0.462 e. The summed E-state index contributed by atoms with van der Waals surface area (Å²) in [6.07, 6.45) is 0. The molecule has 0 unspecified atom stereocenters. The molecule has 27 heavy (non-hydrogen) atoms. The van der Waals surface area contributed by atoms with Crippen molar-refractivity contribution in [2.75, 3.05) is 11.9 Å². The molecule has 1 heterocycles. The lowest BCUT2D eigenvalue weighted by Crippen LogP contribution is -2.24. The second-order valence-corrected chi connectivity index (χ2v) is 5.56. The van der Waals surface area contributed by atoms with Crippen molar-refractivity contribution < 1.29 is 14.3 Å². The third-order valence-corrected chi connectivity index (χ3v) is 3.67. The minimum absolute atomic E-state index is 0.0694. The Balaban J connectivity index is 1.84. The fourth-order valence-corrected chi connectivity index (χ4v) is 2.42. The van der Waals surface area contributed by atoms with Crippen LogP contribution in [0.25, 0.3) is 5.69 Å². The number of benzene rings is 2. The van der Waals surface area contributed by atoms with Crippen molar-refractivity contribution in [1.29, 1.82) is 0 Å². The van der Waals surface area contributed by atoms with E-state index in [1.165, 1.54) is 18.2 Å². The average molecular weight is 363 g/mol. The molecule has 0 atom stereocenters. The molecule has 2 aromatic carbocycles. The van der Waals surface area contributed by atoms with E-state index in [1.807, 2.05) is 6.07 Å². The molecule has 0 aliphatic rings. The van der Waals surface area contributed by atoms with Crippen molar-refractivity contribution >= 4 is 17.6 Å². The van der Waals surface area contributed by atoms with Crippen molar-refractivity contribution in [2.24, 2.45) is 0 Å². The van der Waals surface area contributed by atoms with Gasteiger partial charge in [-0.15, -0.1) is 0 Å². The van der Waals surface area contributed by atoms with Gasteiger partial charge in [-0.1, -0.05) is 24.3 Å². The van der Waals surface area contributed by atoms with Crippen LogP contribution in [-0.2, 0) is 4.74 Å². The quantitative estimate of drug-likeness (QED) is 0.704. The molecule has 7 nitrogen and oxygen atoms in total. The molecule has 1 amide bonds. The fraction of sp³-hybridized carbons (Fsp3) is 0.100. The molecule has 1 N–H and O–H groups in total.